The number of anilines is 1. The van der Waals surface area contributed by atoms with E-state index in [0.29, 0.717) is 0 Å². The number of aliphatic hydroxyl groups is 1. The molecule has 0 spiro atoms. The molecule has 0 amide bonds. The lowest BCUT2D eigenvalue weighted by atomic mass is 10.3. The number of nitrogens with zero attached hydrogens (tertiary/aromatic N) is 2. The van der Waals surface area contributed by atoms with Crippen LogP contribution in [0.2, 0.25) is 0 Å². The molecule has 0 bridgehead atoms. The van der Waals surface area contributed by atoms with Crippen molar-refractivity contribution in [1.29, 1.82) is 0 Å². The molecule has 0 unspecified atom stereocenters. The molecule has 0 saturated heterocycles. The minimum absolute atomic E-state index is 0.108. The molecule has 1 rings (SSSR count). The molecule has 0 saturated carbocycles. The van der Waals surface area contributed by atoms with Crippen molar-refractivity contribution in [2.75, 3.05) is 30.5 Å². The first-order chi connectivity index (χ1) is 7.22. The molecule has 0 aliphatic heterocycles. The fraction of sp³-hybridized carbons (Fsp3) is 0.700. The van der Waals surface area contributed by atoms with Gasteiger partial charge in [-0.25, -0.2) is 4.98 Å². The topological polar surface area (TPSA) is 36.4 Å². The number of aliphatic hydroxyl groups excluding tert-OH is 1. The van der Waals surface area contributed by atoms with Crippen molar-refractivity contribution in [2.45, 2.75) is 20.0 Å². The number of hydrogen-bond donors (Lipinski definition) is 1. The average molecular weight is 246 g/mol. The van der Waals surface area contributed by atoms with Crippen molar-refractivity contribution >= 4 is 28.2 Å². The van der Waals surface area contributed by atoms with Gasteiger partial charge >= 0.3 is 0 Å². The maximum Gasteiger partial charge on any atom is 0.185 e. The van der Waals surface area contributed by atoms with Crippen molar-refractivity contribution in [3.63, 3.8) is 0 Å². The van der Waals surface area contributed by atoms with Crippen LogP contribution in [0.15, 0.2) is 0 Å². The van der Waals surface area contributed by atoms with Gasteiger partial charge in [0.15, 0.2) is 5.13 Å². The van der Waals surface area contributed by atoms with E-state index in [-0.39, 0.29) is 6.61 Å². The van der Waals surface area contributed by atoms with Crippen LogP contribution in [-0.2, 0) is 13.0 Å². The van der Waals surface area contributed by atoms with Gasteiger partial charge in [0, 0.05) is 19.3 Å². The van der Waals surface area contributed by atoms with E-state index in [4.69, 9.17) is 5.11 Å². The Bertz CT molecular complexity index is 280. The molecule has 1 aromatic heterocycles. The third-order valence-electron chi connectivity index (χ3n) is 2.20. The lowest BCUT2D eigenvalue weighted by Gasteiger charge is -2.14. The molecule has 0 radical (unpaired) electrons. The van der Waals surface area contributed by atoms with Crippen LogP contribution in [0.3, 0.4) is 0 Å². The molecular formula is C10H18N2OS2. The molecule has 0 fully saturated rings. The molecule has 1 aromatic rings. The second-order valence-corrected chi connectivity index (χ2v) is 5.34. The monoisotopic (exact) mass is 246 g/mol. The van der Waals surface area contributed by atoms with Crippen LogP contribution in [0.1, 0.15) is 17.5 Å². The van der Waals surface area contributed by atoms with Crippen LogP contribution >= 0.6 is 23.1 Å². The van der Waals surface area contributed by atoms with Crippen molar-refractivity contribution in [3.8, 4) is 0 Å². The SMILES string of the molecule is CCc1nc(N(C)CCSC)sc1CO. The zero-order chi connectivity index (χ0) is 11.3. The Hall–Kier alpha value is -0.260. The molecule has 1 heterocycles. The van der Waals surface area contributed by atoms with Crippen LogP contribution in [0.25, 0.3) is 0 Å². The highest BCUT2D eigenvalue weighted by molar-refractivity contribution is 7.98. The molecule has 1 N–H and O–H groups in total. The minimum Gasteiger partial charge on any atom is -0.391 e. The van der Waals surface area contributed by atoms with Gasteiger partial charge in [-0.2, -0.15) is 11.8 Å². The summed E-state index contributed by atoms with van der Waals surface area (Å²) >= 11 is 3.43. The lowest BCUT2D eigenvalue weighted by Crippen LogP contribution is -2.19. The summed E-state index contributed by atoms with van der Waals surface area (Å²) in [7, 11) is 2.05. The molecule has 3 nitrogen and oxygen atoms in total. The first-order valence-corrected chi connectivity index (χ1v) is 7.23. The first-order valence-electron chi connectivity index (χ1n) is 5.02. The maximum atomic E-state index is 9.17. The first kappa shape index (κ1) is 12.8. The second-order valence-electron chi connectivity index (χ2n) is 3.29. The van der Waals surface area contributed by atoms with Crippen LogP contribution in [-0.4, -0.2) is 35.7 Å². The maximum absolute atomic E-state index is 9.17. The van der Waals surface area contributed by atoms with Crippen molar-refractivity contribution in [2.24, 2.45) is 0 Å². The van der Waals surface area contributed by atoms with E-state index in [2.05, 4.69) is 30.1 Å². The Morgan fingerprint density at radius 1 is 1.53 bits per heavy atom. The fourth-order valence-electron chi connectivity index (χ4n) is 1.26. The highest BCUT2D eigenvalue weighted by Crippen LogP contribution is 2.26. The number of hydrogen-bond acceptors (Lipinski definition) is 5. The van der Waals surface area contributed by atoms with Gasteiger partial charge in [0.2, 0.25) is 0 Å². The third-order valence-corrected chi connectivity index (χ3v) is 3.99. The summed E-state index contributed by atoms with van der Waals surface area (Å²) in [6.07, 6.45) is 3.00. The molecular weight excluding hydrogens is 228 g/mol. The molecule has 0 aliphatic rings. The summed E-state index contributed by atoms with van der Waals surface area (Å²) in [4.78, 5) is 7.68. The third kappa shape index (κ3) is 3.36. The van der Waals surface area contributed by atoms with Crippen LogP contribution in [0, 0.1) is 0 Å². The smallest absolute Gasteiger partial charge is 0.185 e. The van der Waals surface area contributed by atoms with Crippen LogP contribution < -0.4 is 4.90 Å². The molecule has 0 atom stereocenters. The number of thiazole rings is 1. The predicted octanol–water partition coefficient (Wildman–Crippen LogP) is 2.00. The largest absolute Gasteiger partial charge is 0.391 e. The molecule has 86 valence electrons. The molecule has 5 heteroatoms. The Balaban J connectivity index is 2.72. The Kier molecular flexibility index (Phi) is 5.42. The van der Waals surface area contributed by atoms with E-state index in [1.165, 1.54) is 0 Å². The predicted molar refractivity (Wildman–Crippen MR) is 69.1 cm³/mol. The van der Waals surface area contributed by atoms with E-state index < -0.39 is 0 Å². The van der Waals surface area contributed by atoms with E-state index in [1.54, 1.807) is 11.3 Å². The summed E-state index contributed by atoms with van der Waals surface area (Å²) in [6.45, 7) is 3.18. The summed E-state index contributed by atoms with van der Waals surface area (Å²) in [6, 6.07) is 0. The van der Waals surface area contributed by atoms with Crippen LogP contribution in [0.4, 0.5) is 5.13 Å². The standard InChI is InChI=1S/C10H18N2OS2/c1-4-8-9(7-13)15-10(11-8)12(2)5-6-14-3/h13H,4-7H2,1-3H3. The van der Waals surface area contributed by atoms with E-state index in [9.17, 15) is 0 Å². The summed E-state index contributed by atoms with van der Waals surface area (Å²) < 4.78 is 0. The van der Waals surface area contributed by atoms with Gasteiger partial charge in [0.25, 0.3) is 0 Å². The van der Waals surface area contributed by atoms with Crippen molar-refractivity contribution in [3.05, 3.63) is 10.6 Å². The van der Waals surface area contributed by atoms with Gasteiger partial charge in [-0.05, 0) is 12.7 Å². The quantitative estimate of drug-likeness (QED) is 0.833. The number of aromatic nitrogens is 1. The zero-order valence-electron chi connectivity index (χ0n) is 9.49. The lowest BCUT2D eigenvalue weighted by molar-refractivity contribution is 0.284. The summed E-state index contributed by atoms with van der Waals surface area (Å²) in [5.74, 6) is 1.10. The molecule has 0 aliphatic carbocycles. The van der Waals surface area contributed by atoms with Gasteiger partial charge < -0.3 is 10.0 Å². The molecule has 15 heavy (non-hydrogen) atoms. The normalized spacial score (nSPS) is 10.7. The van der Waals surface area contributed by atoms with Crippen molar-refractivity contribution < 1.29 is 5.11 Å². The van der Waals surface area contributed by atoms with Gasteiger partial charge in [0.1, 0.15) is 0 Å². The average Bonchev–Trinajstić information content (AvgIpc) is 2.68. The summed E-state index contributed by atoms with van der Waals surface area (Å²) in [5.41, 5.74) is 1.04. The number of thioether (sulfide) groups is 1. The van der Waals surface area contributed by atoms with E-state index in [1.807, 2.05) is 11.8 Å². The molecule has 0 aromatic carbocycles. The fourth-order valence-corrected chi connectivity index (χ4v) is 2.71. The van der Waals surface area contributed by atoms with Gasteiger partial charge in [-0.1, -0.05) is 18.3 Å². The zero-order valence-corrected chi connectivity index (χ0v) is 11.1. The van der Waals surface area contributed by atoms with Crippen molar-refractivity contribution in [1.82, 2.24) is 4.98 Å². The number of aryl methyl sites for hydroxylation is 1. The number of rotatable bonds is 6. The van der Waals surface area contributed by atoms with E-state index >= 15 is 0 Å². The Morgan fingerprint density at radius 2 is 2.27 bits per heavy atom. The second kappa shape index (κ2) is 6.35. The van der Waals surface area contributed by atoms with Crippen LogP contribution in [0.5, 0.6) is 0 Å². The van der Waals surface area contributed by atoms with Gasteiger partial charge in [-0.3, -0.25) is 0 Å². The summed E-state index contributed by atoms with van der Waals surface area (Å²) in [5, 5.41) is 10.2. The Labute approximate surface area is 99.5 Å². The highest BCUT2D eigenvalue weighted by Gasteiger charge is 2.11. The van der Waals surface area contributed by atoms with E-state index in [0.717, 1.165) is 34.4 Å². The highest BCUT2D eigenvalue weighted by atomic mass is 32.2. The Morgan fingerprint density at radius 3 is 2.73 bits per heavy atom. The minimum atomic E-state index is 0.108. The van der Waals surface area contributed by atoms with Gasteiger partial charge in [-0.15, -0.1) is 0 Å². The van der Waals surface area contributed by atoms with Gasteiger partial charge in [0.05, 0.1) is 17.2 Å².